The fraction of sp³-hybridized carbons (Fsp3) is 0.438. The van der Waals surface area contributed by atoms with Crippen LogP contribution in [0.2, 0.25) is 0 Å². The number of nitrogens with zero attached hydrogens (tertiary/aromatic N) is 6. The van der Waals surface area contributed by atoms with Gasteiger partial charge in [0.25, 0.3) is 0 Å². The van der Waals surface area contributed by atoms with Crippen LogP contribution < -0.4 is 10.6 Å². The summed E-state index contributed by atoms with van der Waals surface area (Å²) in [6.45, 7) is 3.03. The van der Waals surface area contributed by atoms with Crippen molar-refractivity contribution in [3.8, 4) is 21.1 Å². The van der Waals surface area contributed by atoms with E-state index in [2.05, 4.69) is 65.6 Å². The summed E-state index contributed by atoms with van der Waals surface area (Å²) in [7, 11) is 0. The number of allylic oxidation sites excluding steroid dienone is 4. The van der Waals surface area contributed by atoms with E-state index in [1.165, 1.54) is 72.6 Å². The zero-order valence-corrected chi connectivity index (χ0v) is 26.6. The van der Waals surface area contributed by atoms with E-state index in [-0.39, 0.29) is 11.8 Å². The average molecular weight is 629 g/mol. The standard InChI is InChI=1S/2C16H18N4OS/c1-10(21)17-16-18-13-8-7-11-9-20(12-5-3-2-4-6-12)19-14(11)15(13)22-16;1-10(21)18-16-19-13-8-7-11-9-17-20(14(11)15(13)22-16)12-5-3-2-4-6-12/h3,5,9,12H,2,4,6-8H2,1H3,(H,17,18,21);3,5,9,12H,2,4,6-8H2,1H3,(H,18,19,21). The van der Waals surface area contributed by atoms with Gasteiger partial charge in [-0.25, -0.2) is 9.97 Å². The van der Waals surface area contributed by atoms with Crippen LogP contribution in [0.15, 0.2) is 36.7 Å². The van der Waals surface area contributed by atoms with Gasteiger partial charge in [-0.15, -0.1) is 0 Å². The first kappa shape index (κ1) is 28.8. The van der Waals surface area contributed by atoms with Gasteiger partial charge in [-0.3, -0.25) is 19.0 Å². The van der Waals surface area contributed by atoms with E-state index < -0.39 is 0 Å². The summed E-state index contributed by atoms with van der Waals surface area (Å²) in [4.78, 5) is 33.9. The minimum atomic E-state index is -0.0795. The number of anilines is 2. The minimum Gasteiger partial charge on any atom is -0.302 e. The summed E-state index contributed by atoms with van der Waals surface area (Å²) in [5.74, 6) is -0.153. The van der Waals surface area contributed by atoms with E-state index in [1.54, 1.807) is 11.3 Å². The molecular formula is C32H36N8O2S2. The number of hydrogen-bond donors (Lipinski definition) is 2. The number of rotatable bonds is 4. The van der Waals surface area contributed by atoms with E-state index in [9.17, 15) is 9.59 Å². The molecule has 2 amide bonds. The molecule has 8 rings (SSSR count). The Kier molecular flexibility index (Phi) is 8.02. The lowest BCUT2D eigenvalue weighted by Gasteiger charge is -2.21. The highest BCUT2D eigenvalue weighted by atomic mass is 32.1. The molecule has 0 aliphatic heterocycles. The number of fused-ring (bicyclic) bond motifs is 6. The Morgan fingerprint density at radius 3 is 2.07 bits per heavy atom. The third-order valence-electron chi connectivity index (χ3n) is 8.44. The molecule has 0 spiro atoms. The molecule has 4 aliphatic carbocycles. The predicted molar refractivity (Wildman–Crippen MR) is 174 cm³/mol. The van der Waals surface area contributed by atoms with Crippen LogP contribution in [-0.2, 0) is 35.3 Å². The number of amides is 2. The largest absolute Gasteiger partial charge is 0.302 e. The molecule has 2 atom stereocenters. The molecule has 12 heteroatoms. The molecular weight excluding hydrogens is 593 g/mol. The van der Waals surface area contributed by atoms with Crippen LogP contribution >= 0.6 is 22.7 Å². The summed E-state index contributed by atoms with van der Waals surface area (Å²) in [6, 6.07) is 0.723. The molecule has 4 aliphatic rings. The van der Waals surface area contributed by atoms with Crippen molar-refractivity contribution in [1.29, 1.82) is 0 Å². The molecule has 4 aromatic heterocycles. The second kappa shape index (κ2) is 12.2. The van der Waals surface area contributed by atoms with Gasteiger partial charge in [0.1, 0.15) is 5.69 Å². The summed E-state index contributed by atoms with van der Waals surface area (Å²) in [5.41, 5.74) is 6.99. The lowest BCUT2D eigenvalue weighted by atomic mass is 9.98. The Hall–Kier alpha value is -3.90. The van der Waals surface area contributed by atoms with E-state index in [0.717, 1.165) is 60.5 Å². The number of thiazole rings is 2. The molecule has 44 heavy (non-hydrogen) atoms. The fourth-order valence-electron chi connectivity index (χ4n) is 6.40. The fourth-order valence-corrected chi connectivity index (χ4v) is 8.60. The topological polar surface area (TPSA) is 120 Å². The molecule has 0 radical (unpaired) electrons. The zero-order chi connectivity index (χ0) is 30.2. The van der Waals surface area contributed by atoms with Crippen molar-refractivity contribution in [2.24, 2.45) is 0 Å². The molecule has 10 nitrogen and oxygen atoms in total. The van der Waals surface area contributed by atoms with Crippen molar-refractivity contribution >= 4 is 44.8 Å². The van der Waals surface area contributed by atoms with Crippen molar-refractivity contribution in [2.75, 3.05) is 10.6 Å². The minimum absolute atomic E-state index is 0.0740. The van der Waals surface area contributed by atoms with E-state index in [4.69, 9.17) is 5.10 Å². The Bertz CT molecular complexity index is 1770. The third-order valence-corrected chi connectivity index (χ3v) is 10.5. The molecule has 0 saturated heterocycles. The molecule has 4 heterocycles. The van der Waals surface area contributed by atoms with Crippen molar-refractivity contribution in [2.45, 2.75) is 90.1 Å². The van der Waals surface area contributed by atoms with Crippen LogP contribution in [0.5, 0.6) is 0 Å². The van der Waals surface area contributed by atoms with Crippen LogP contribution in [0.4, 0.5) is 10.3 Å². The smallest absolute Gasteiger partial charge is 0.223 e. The van der Waals surface area contributed by atoms with Gasteiger partial charge in [0.05, 0.1) is 45.1 Å². The maximum Gasteiger partial charge on any atom is 0.223 e. The van der Waals surface area contributed by atoms with Crippen LogP contribution in [0, 0.1) is 0 Å². The Balaban J connectivity index is 0.000000142. The van der Waals surface area contributed by atoms with Crippen LogP contribution in [0.3, 0.4) is 0 Å². The summed E-state index contributed by atoms with van der Waals surface area (Å²) in [6.07, 6.45) is 24.1. The first-order valence-corrected chi connectivity index (χ1v) is 17.1. The molecule has 0 saturated carbocycles. The number of aromatic nitrogens is 6. The van der Waals surface area contributed by atoms with Crippen LogP contribution in [0.25, 0.3) is 21.1 Å². The third kappa shape index (κ3) is 5.80. The number of carbonyl (C=O) groups is 2. The summed E-state index contributed by atoms with van der Waals surface area (Å²) < 4.78 is 4.26. The second-order valence-electron chi connectivity index (χ2n) is 11.8. The van der Waals surface area contributed by atoms with Gasteiger partial charge < -0.3 is 10.6 Å². The summed E-state index contributed by atoms with van der Waals surface area (Å²) >= 11 is 3.09. The predicted octanol–water partition coefficient (Wildman–Crippen LogP) is 6.69. The van der Waals surface area contributed by atoms with Gasteiger partial charge in [0.2, 0.25) is 11.8 Å². The monoisotopic (exact) mass is 628 g/mol. The van der Waals surface area contributed by atoms with Crippen molar-refractivity contribution in [3.05, 3.63) is 59.2 Å². The first-order chi connectivity index (χ1) is 21.4. The van der Waals surface area contributed by atoms with E-state index in [0.29, 0.717) is 22.3 Å². The maximum atomic E-state index is 11.3. The second-order valence-corrected chi connectivity index (χ2v) is 13.7. The zero-order valence-electron chi connectivity index (χ0n) is 25.0. The first-order valence-electron chi connectivity index (χ1n) is 15.5. The Morgan fingerprint density at radius 2 is 1.43 bits per heavy atom. The van der Waals surface area contributed by atoms with Crippen molar-refractivity contribution in [1.82, 2.24) is 29.5 Å². The average Bonchev–Trinajstić information content (AvgIpc) is 3.81. The van der Waals surface area contributed by atoms with Gasteiger partial charge in [-0.1, -0.05) is 47.0 Å². The normalized spacial score (nSPS) is 19.6. The molecule has 0 bridgehead atoms. The summed E-state index contributed by atoms with van der Waals surface area (Å²) in [5, 5.41) is 16.4. The highest BCUT2D eigenvalue weighted by molar-refractivity contribution is 7.19. The van der Waals surface area contributed by atoms with E-state index >= 15 is 0 Å². The molecule has 228 valence electrons. The van der Waals surface area contributed by atoms with Gasteiger partial charge in [0.15, 0.2) is 10.3 Å². The highest BCUT2D eigenvalue weighted by Crippen LogP contribution is 2.42. The highest BCUT2D eigenvalue weighted by Gasteiger charge is 2.28. The van der Waals surface area contributed by atoms with Gasteiger partial charge in [-0.2, -0.15) is 10.2 Å². The van der Waals surface area contributed by atoms with Gasteiger partial charge in [0, 0.05) is 20.0 Å². The van der Waals surface area contributed by atoms with E-state index in [1.807, 2.05) is 6.20 Å². The number of nitrogens with one attached hydrogen (secondary N) is 2. The SMILES string of the molecule is CC(=O)Nc1nc2c(s1)-c1c(cnn1C1C=CCCC1)CC2.CC(=O)Nc1nc2c(s1)-c1nn(C3C=CCCC3)cc1CC2. The molecule has 0 aromatic carbocycles. The number of hydrogen-bond acceptors (Lipinski definition) is 8. The number of carbonyl (C=O) groups excluding carboxylic acids is 2. The molecule has 2 unspecified atom stereocenters. The molecule has 0 fully saturated rings. The van der Waals surface area contributed by atoms with Crippen LogP contribution in [0.1, 0.15) is 87.0 Å². The quantitative estimate of drug-likeness (QED) is 0.243. The molecule has 2 N–H and O–H groups in total. The molecule has 4 aromatic rings. The van der Waals surface area contributed by atoms with Crippen LogP contribution in [-0.4, -0.2) is 41.3 Å². The Labute approximate surface area is 264 Å². The maximum absolute atomic E-state index is 11.3. The lowest BCUT2D eigenvalue weighted by molar-refractivity contribution is -0.115. The van der Waals surface area contributed by atoms with Gasteiger partial charge in [-0.05, 0) is 75.3 Å². The van der Waals surface area contributed by atoms with Gasteiger partial charge >= 0.3 is 0 Å². The van der Waals surface area contributed by atoms with Crippen molar-refractivity contribution < 1.29 is 9.59 Å². The lowest BCUT2D eigenvalue weighted by Crippen LogP contribution is -2.13. The van der Waals surface area contributed by atoms with Crippen molar-refractivity contribution in [3.63, 3.8) is 0 Å². The Morgan fingerprint density at radius 1 is 0.818 bits per heavy atom. The number of aryl methyl sites for hydroxylation is 4.